The Hall–Kier alpha value is -1.66. The number of hydrogen-bond donors (Lipinski definition) is 2. The highest BCUT2D eigenvalue weighted by molar-refractivity contribution is 8.93. The Morgan fingerprint density at radius 1 is 0.538 bits per heavy atom. The average molecular weight is 1260 g/mol. The van der Waals surface area contributed by atoms with E-state index < -0.39 is 0 Å². The SMILES string of the molecule is Br.Br.Br.Br.Br.Cc1cc(N2CCN([C@H]3CN[C@@H](C(=O)N4CCSC4)C3)CC2)n(-c2ccccc2)n1.Cc1cc(N2CCN([C@H]3CN[C@@H](C(=O)N4CCSC4)C3)CC2)n(-c2ccccc2)n1. The van der Waals surface area contributed by atoms with Crippen molar-refractivity contribution >= 4 is 132 Å². The van der Waals surface area contributed by atoms with Crippen LogP contribution in [0.4, 0.5) is 11.6 Å². The van der Waals surface area contributed by atoms with E-state index in [1.165, 1.54) is 11.6 Å². The number of aryl methyl sites for hydroxylation is 2. The minimum absolute atomic E-state index is 0. The highest BCUT2D eigenvalue weighted by Gasteiger charge is 2.38. The summed E-state index contributed by atoms with van der Waals surface area (Å²) in [4.78, 5) is 39.4. The maximum atomic E-state index is 12.7. The molecule has 2 amide bonds. The van der Waals surface area contributed by atoms with Crippen molar-refractivity contribution in [2.75, 3.05) is 112 Å². The number of aromatic nitrogens is 4. The zero-order valence-corrected chi connectivity index (χ0v) is 47.3. The third kappa shape index (κ3) is 13.4. The van der Waals surface area contributed by atoms with Crippen molar-refractivity contribution in [2.24, 2.45) is 0 Å². The smallest absolute Gasteiger partial charge is 0.240 e. The summed E-state index contributed by atoms with van der Waals surface area (Å²) in [6.45, 7) is 15.8. The Bertz CT molecular complexity index is 1920. The Morgan fingerprint density at radius 2 is 0.908 bits per heavy atom. The van der Waals surface area contributed by atoms with Crippen LogP contribution in [-0.4, -0.2) is 177 Å². The molecule has 0 saturated carbocycles. The third-order valence-corrected chi connectivity index (χ3v) is 14.8. The number of anilines is 2. The molecular weight excluding hydrogens is 1190 g/mol. The van der Waals surface area contributed by atoms with Crippen LogP contribution in [-0.2, 0) is 9.59 Å². The maximum absolute atomic E-state index is 12.7. The summed E-state index contributed by atoms with van der Waals surface area (Å²) in [5.41, 5.74) is 4.28. The van der Waals surface area contributed by atoms with Crippen LogP contribution in [0, 0.1) is 13.8 Å². The molecule has 4 atom stereocenters. The molecule has 6 fully saturated rings. The molecule has 6 aliphatic rings. The fourth-order valence-electron chi connectivity index (χ4n) is 9.56. The molecule has 0 spiro atoms. The van der Waals surface area contributed by atoms with E-state index in [0.717, 1.165) is 137 Å². The van der Waals surface area contributed by atoms with E-state index >= 15 is 0 Å². The van der Waals surface area contributed by atoms with Gasteiger partial charge in [0.2, 0.25) is 11.8 Å². The maximum Gasteiger partial charge on any atom is 0.240 e. The van der Waals surface area contributed by atoms with Crippen molar-refractivity contribution in [3.8, 4) is 11.4 Å². The molecule has 2 aromatic heterocycles. The predicted octanol–water partition coefficient (Wildman–Crippen LogP) is 6.02. The van der Waals surface area contributed by atoms with E-state index in [1.54, 1.807) is 0 Å². The van der Waals surface area contributed by atoms with E-state index in [1.807, 2.05) is 45.5 Å². The molecule has 6 aliphatic heterocycles. The highest BCUT2D eigenvalue weighted by Crippen LogP contribution is 2.27. The van der Waals surface area contributed by atoms with Crippen molar-refractivity contribution < 1.29 is 9.59 Å². The Kier molecular flexibility index (Phi) is 22.7. The highest BCUT2D eigenvalue weighted by atomic mass is 79.9. The number of benzene rings is 2. The van der Waals surface area contributed by atoms with Crippen molar-refractivity contribution in [3.63, 3.8) is 0 Å². The fraction of sp³-hybridized carbons (Fsp3) is 0.545. The van der Waals surface area contributed by atoms with Gasteiger partial charge in [-0.15, -0.1) is 108 Å². The number of piperazine rings is 2. The second-order valence-electron chi connectivity index (χ2n) is 16.8. The lowest BCUT2D eigenvalue weighted by molar-refractivity contribution is -0.132. The Labute approximate surface area is 445 Å². The van der Waals surface area contributed by atoms with Crippen LogP contribution >= 0.6 is 108 Å². The van der Waals surface area contributed by atoms with Gasteiger partial charge in [-0.05, 0) is 51.0 Å². The molecule has 0 unspecified atom stereocenters. The van der Waals surface area contributed by atoms with Gasteiger partial charge in [0.05, 0.1) is 46.6 Å². The van der Waals surface area contributed by atoms with Gasteiger partial charge in [0.25, 0.3) is 0 Å². The summed E-state index contributed by atoms with van der Waals surface area (Å²) in [5, 5.41) is 16.4. The lowest BCUT2D eigenvalue weighted by Crippen LogP contribution is -2.51. The number of amides is 2. The summed E-state index contributed by atoms with van der Waals surface area (Å²) < 4.78 is 4.12. The van der Waals surface area contributed by atoms with Gasteiger partial charge in [-0.25, -0.2) is 9.36 Å². The zero-order chi connectivity index (χ0) is 41.0. The number of nitrogens with zero attached hydrogens (tertiary/aromatic N) is 10. The van der Waals surface area contributed by atoms with Gasteiger partial charge >= 0.3 is 0 Å². The number of nitrogens with one attached hydrogen (secondary N) is 2. The number of carbonyl (C=O) groups excluding carboxylic acids is 2. The van der Waals surface area contributed by atoms with E-state index in [4.69, 9.17) is 10.2 Å². The molecule has 8 heterocycles. The quantitative estimate of drug-likeness (QED) is 0.215. The van der Waals surface area contributed by atoms with Crippen molar-refractivity contribution in [1.82, 2.24) is 49.8 Å². The molecule has 0 bridgehead atoms. The average Bonchev–Trinajstić information content (AvgIpc) is 4.16. The van der Waals surface area contributed by atoms with Crippen LogP contribution in [0.15, 0.2) is 72.8 Å². The zero-order valence-electron chi connectivity index (χ0n) is 37.1. The standard InChI is InChI=1S/2C22H30N6OS.5BrH/c2*1-17-13-21(28(24-17)18-5-3-2-4-6-18)26-9-7-25(8-10-26)19-14-20(23-15-19)22(29)27-11-12-30-16-27;;;;;/h2*2-6,13,19-20,23H,7-12,14-16H2,1H3;5*1H/t2*19-,20-;;;;;/m11...../s1. The van der Waals surface area contributed by atoms with Crippen molar-refractivity contribution in [2.45, 2.75) is 50.9 Å². The van der Waals surface area contributed by atoms with Crippen molar-refractivity contribution in [1.29, 1.82) is 0 Å². The van der Waals surface area contributed by atoms with Crippen LogP contribution in [0.25, 0.3) is 11.4 Å². The number of hydrogen-bond acceptors (Lipinski definition) is 12. The van der Waals surface area contributed by atoms with Gasteiger partial charge in [0.1, 0.15) is 11.6 Å². The summed E-state index contributed by atoms with van der Waals surface area (Å²) in [6, 6.07) is 26.0. The van der Waals surface area contributed by atoms with Crippen LogP contribution in [0.2, 0.25) is 0 Å². The van der Waals surface area contributed by atoms with Gasteiger partial charge in [0.15, 0.2) is 0 Å². The molecule has 6 saturated heterocycles. The third-order valence-electron chi connectivity index (χ3n) is 12.9. The van der Waals surface area contributed by atoms with Crippen molar-refractivity contribution in [3.05, 3.63) is 84.2 Å². The first-order chi connectivity index (χ1) is 29.4. The minimum atomic E-state index is -0.00566. The molecule has 14 nitrogen and oxygen atoms in total. The van der Waals surface area contributed by atoms with E-state index in [9.17, 15) is 9.59 Å². The largest absolute Gasteiger partial charge is 0.354 e. The van der Waals surface area contributed by atoms with Gasteiger partial charge in [-0.2, -0.15) is 10.2 Å². The van der Waals surface area contributed by atoms with Crippen LogP contribution in [0.3, 0.4) is 0 Å². The topological polar surface area (TPSA) is 113 Å². The first kappa shape index (κ1) is 55.9. The normalized spacial score (nSPS) is 23.3. The molecule has 0 aliphatic carbocycles. The van der Waals surface area contributed by atoms with E-state index in [2.05, 4.69) is 114 Å². The number of carbonyl (C=O) groups is 2. The summed E-state index contributed by atoms with van der Waals surface area (Å²) in [7, 11) is 0. The van der Waals surface area contributed by atoms with E-state index in [-0.39, 0.29) is 97.0 Å². The molecule has 21 heteroatoms. The molecule has 2 aromatic carbocycles. The molecular formula is C44H65Br5N12O2S2. The molecule has 0 radical (unpaired) electrons. The molecule has 360 valence electrons. The Morgan fingerprint density at radius 3 is 1.25 bits per heavy atom. The monoisotopic (exact) mass is 1250 g/mol. The second-order valence-corrected chi connectivity index (χ2v) is 19.0. The summed E-state index contributed by atoms with van der Waals surface area (Å²) in [5.74, 6) is 6.78. The number of rotatable bonds is 8. The van der Waals surface area contributed by atoms with E-state index in [0.29, 0.717) is 23.9 Å². The fourth-order valence-corrected chi connectivity index (χ4v) is 11.5. The lowest BCUT2D eigenvalue weighted by atomic mass is 10.1. The number of thioether (sulfide) groups is 2. The predicted molar refractivity (Wildman–Crippen MR) is 294 cm³/mol. The first-order valence-electron chi connectivity index (χ1n) is 21.8. The van der Waals surface area contributed by atoms with Gasteiger partial charge < -0.3 is 30.2 Å². The van der Waals surface area contributed by atoms with Gasteiger partial charge in [-0.3, -0.25) is 19.4 Å². The van der Waals surface area contributed by atoms with Gasteiger partial charge in [-0.1, -0.05) is 36.4 Å². The summed E-state index contributed by atoms with van der Waals surface area (Å²) >= 11 is 3.70. The van der Waals surface area contributed by atoms with Crippen LogP contribution < -0.4 is 20.4 Å². The van der Waals surface area contributed by atoms with Crippen LogP contribution in [0.5, 0.6) is 0 Å². The molecule has 65 heavy (non-hydrogen) atoms. The molecule has 10 rings (SSSR count). The Balaban J connectivity index is 0.000000264. The summed E-state index contributed by atoms with van der Waals surface area (Å²) in [6.07, 6.45) is 1.86. The number of halogens is 5. The van der Waals surface area contributed by atoms with Gasteiger partial charge in [0, 0.05) is 114 Å². The number of para-hydroxylation sites is 2. The molecule has 2 N–H and O–H groups in total. The molecule has 4 aromatic rings. The lowest BCUT2D eigenvalue weighted by Gasteiger charge is -2.38. The first-order valence-corrected chi connectivity index (χ1v) is 24.1. The second kappa shape index (κ2) is 26.4. The minimum Gasteiger partial charge on any atom is -0.354 e. The van der Waals surface area contributed by atoms with Crippen LogP contribution in [0.1, 0.15) is 24.2 Å².